The predicted octanol–water partition coefficient (Wildman–Crippen LogP) is 7.41. The Morgan fingerprint density at radius 3 is 2.62 bits per heavy atom. The van der Waals surface area contributed by atoms with E-state index in [1.54, 1.807) is 11.3 Å². The minimum Gasteiger partial charge on any atom is -0.340 e. The van der Waals surface area contributed by atoms with Crippen molar-refractivity contribution in [3.63, 3.8) is 0 Å². The summed E-state index contributed by atoms with van der Waals surface area (Å²) in [6, 6.07) is 10.5. The molecule has 0 atom stereocenters. The van der Waals surface area contributed by atoms with E-state index in [9.17, 15) is 4.79 Å². The lowest BCUT2D eigenvalue weighted by molar-refractivity contribution is 0.103. The smallest absolute Gasteiger partial charge is 0.190 e. The maximum absolute atomic E-state index is 13.0. The Morgan fingerprint density at radius 2 is 1.97 bits per heavy atom. The van der Waals surface area contributed by atoms with E-state index in [0.717, 1.165) is 52.5 Å². The number of nitrogens with zero attached hydrogens (tertiary/aromatic N) is 2. The third-order valence-corrected chi connectivity index (χ3v) is 6.22. The number of hydrogen-bond donors (Lipinski definition) is 0. The first kappa shape index (κ1) is 21.3. The molecule has 0 bridgehead atoms. The van der Waals surface area contributed by atoms with Crippen molar-refractivity contribution < 1.29 is 4.79 Å². The van der Waals surface area contributed by atoms with Gasteiger partial charge in [-0.05, 0) is 57.7 Å². The van der Waals surface area contributed by atoms with E-state index in [1.165, 1.54) is 5.56 Å². The van der Waals surface area contributed by atoms with Gasteiger partial charge in [-0.3, -0.25) is 4.79 Å². The summed E-state index contributed by atoms with van der Waals surface area (Å²) in [6.07, 6.45) is 2.81. The molecule has 3 aromatic rings. The summed E-state index contributed by atoms with van der Waals surface area (Å²) in [5, 5.41) is 3.10. The summed E-state index contributed by atoms with van der Waals surface area (Å²) >= 11 is 1.65. The second-order valence-electron chi connectivity index (χ2n) is 7.88. The maximum atomic E-state index is 13.0. The van der Waals surface area contributed by atoms with Gasteiger partial charge in [0.05, 0.1) is 11.4 Å². The first-order valence-corrected chi connectivity index (χ1v) is 11.2. The van der Waals surface area contributed by atoms with E-state index in [-0.39, 0.29) is 11.8 Å². The van der Waals surface area contributed by atoms with Gasteiger partial charge in [-0.2, -0.15) is 0 Å². The van der Waals surface area contributed by atoms with Crippen LogP contribution < -0.4 is 0 Å². The van der Waals surface area contributed by atoms with Crippen LogP contribution in [0.25, 0.3) is 22.0 Å². The molecule has 0 aliphatic heterocycles. The fourth-order valence-electron chi connectivity index (χ4n) is 3.74. The number of thiazole rings is 1. The monoisotopic (exact) mass is 406 g/mol. The zero-order chi connectivity index (χ0) is 21.1. The Bertz CT molecular complexity index is 1040. The van der Waals surface area contributed by atoms with Gasteiger partial charge in [0, 0.05) is 28.2 Å². The van der Waals surface area contributed by atoms with E-state index >= 15 is 0 Å². The number of ketones is 1. The number of Topliss-reactive ketones (excluding diaryl/α,β-unsaturated/α-hetero) is 1. The molecule has 3 rings (SSSR count). The van der Waals surface area contributed by atoms with E-state index < -0.39 is 0 Å². The summed E-state index contributed by atoms with van der Waals surface area (Å²) < 4.78 is 2.22. The summed E-state index contributed by atoms with van der Waals surface area (Å²) in [5.41, 5.74) is 6.73. The number of allylic oxidation sites excluding steroid dienone is 1. The molecular formula is C25H30N2OS. The summed E-state index contributed by atoms with van der Waals surface area (Å²) in [4.78, 5) is 18.0. The molecule has 0 amide bonds. The molecule has 0 saturated carbocycles. The number of benzene rings is 1. The third-order valence-electron chi connectivity index (χ3n) is 5.35. The minimum atomic E-state index is 0.0611. The van der Waals surface area contributed by atoms with Gasteiger partial charge >= 0.3 is 0 Å². The molecular weight excluding hydrogens is 376 g/mol. The van der Waals surface area contributed by atoms with Crippen LogP contribution in [0.3, 0.4) is 0 Å². The molecule has 3 nitrogen and oxygen atoms in total. The topological polar surface area (TPSA) is 34.9 Å². The lowest BCUT2D eigenvalue weighted by atomic mass is 10.0. The highest BCUT2D eigenvalue weighted by Gasteiger charge is 2.23. The van der Waals surface area contributed by atoms with Gasteiger partial charge in [-0.15, -0.1) is 11.3 Å². The molecule has 0 saturated heterocycles. The van der Waals surface area contributed by atoms with Crippen molar-refractivity contribution in [3.8, 4) is 22.0 Å². The highest BCUT2D eigenvalue weighted by atomic mass is 32.1. The van der Waals surface area contributed by atoms with Crippen LogP contribution in [0.2, 0.25) is 0 Å². The number of hydrogen-bond acceptors (Lipinski definition) is 3. The Labute approximate surface area is 178 Å². The molecule has 4 heteroatoms. The summed E-state index contributed by atoms with van der Waals surface area (Å²) in [7, 11) is 0. The van der Waals surface area contributed by atoms with Crippen LogP contribution in [-0.4, -0.2) is 15.3 Å². The molecule has 2 heterocycles. The first-order valence-electron chi connectivity index (χ1n) is 10.3. The van der Waals surface area contributed by atoms with Crippen molar-refractivity contribution in [2.45, 2.75) is 59.9 Å². The zero-order valence-electron chi connectivity index (χ0n) is 18.1. The highest BCUT2D eigenvalue weighted by molar-refractivity contribution is 7.13. The van der Waals surface area contributed by atoms with Crippen LogP contribution in [0.1, 0.15) is 67.7 Å². The number of aromatic nitrogens is 2. The van der Waals surface area contributed by atoms with Gasteiger partial charge in [0.2, 0.25) is 0 Å². The predicted molar refractivity (Wildman–Crippen MR) is 124 cm³/mol. The van der Waals surface area contributed by atoms with Crippen molar-refractivity contribution in [3.05, 3.63) is 64.7 Å². The number of carbonyl (C=O) groups is 1. The van der Waals surface area contributed by atoms with Gasteiger partial charge in [0.15, 0.2) is 5.78 Å². The molecule has 0 radical (unpaired) electrons. The SMILES string of the molecule is C=C(CCCC)C(=O)c1cc(-c2csc(-c3ccccc3C)n2)n(C(C)C)c1C. The average molecular weight is 407 g/mol. The largest absolute Gasteiger partial charge is 0.340 e. The van der Waals surface area contributed by atoms with Crippen molar-refractivity contribution in [1.82, 2.24) is 9.55 Å². The van der Waals surface area contributed by atoms with E-state index in [0.29, 0.717) is 5.57 Å². The molecule has 0 aliphatic rings. The molecule has 0 aliphatic carbocycles. The second kappa shape index (κ2) is 8.91. The fourth-order valence-corrected chi connectivity index (χ4v) is 4.64. The van der Waals surface area contributed by atoms with Crippen LogP contribution in [0.4, 0.5) is 0 Å². The number of carbonyl (C=O) groups excluding carboxylic acids is 1. The van der Waals surface area contributed by atoms with Crippen molar-refractivity contribution in [2.24, 2.45) is 0 Å². The van der Waals surface area contributed by atoms with Crippen LogP contribution in [0.15, 0.2) is 47.9 Å². The van der Waals surface area contributed by atoms with Crippen molar-refractivity contribution in [2.75, 3.05) is 0 Å². The standard InChI is InChI=1S/C25H30N2OS/c1-7-8-11-18(5)24(28)21-14-23(27(16(2)3)19(21)6)22-15-29-25(26-22)20-13-10-9-12-17(20)4/h9-10,12-16H,5,7-8,11H2,1-4,6H3. The van der Waals surface area contributed by atoms with E-state index in [2.05, 4.69) is 56.4 Å². The molecule has 0 N–H and O–H groups in total. The molecule has 2 aromatic heterocycles. The minimum absolute atomic E-state index is 0.0611. The Balaban J connectivity index is 2.03. The van der Waals surface area contributed by atoms with Gasteiger partial charge in [-0.1, -0.05) is 44.2 Å². The van der Waals surface area contributed by atoms with Crippen molar-refractivity contribution in [1.29, 1.82) is 0 Å². The quantitative estimate of drug-likeness (QED) is 0.288. The van der Waals surface area contributed by atoms with Crippen molar-refractivity contribution >= 4 is 17.1 Å². The Hall–Kier alpha value is -2.46. The van der Waals surface area contributed by atoms with Gasteiger partial charge in [-0.25, -0.2) is 4.98 Å². The van der Waals surface area contributed by atoms with Crippen LogP contribution in [-0.2, 0) is 0 Å². The van der Waals surface area contributed by atoms with Crippen LogP contribution in [0.5, 0.6) is 0 Å². The second-order valence-corrected chi connectivity index (χ2v) is 8.74. The summed E-state index contributed by atoms with van der Waals surface area (Å²) in [5.74, 6) is 0.0611. The Morgan fingerprint density at radius 1 is 1.24 bits per heavy atom. The van der Waals surface area contributed by atoms with Crippen LogP contribution in [0, 0.1) is 13.8 Å². The van der Waals surface area contributed by atoms with Gasteiger partial charge in [0.25, 0.3) is 0 Å². The summed E-state index contributed by atoms with van der Waals surface area (Å²) in [6.45, 7) is 14.6. The lowest BCUT2D eigenvalue weighted by Crippen LogP contribution is -2.08. The molecule has 1 aromatic carbocycles. The van der Waals surface area contributed by atoms with Crippen LogP contribution >= 0.6 is 11.3 Å². The number of aryl methyl sites for hydroxylation is 1. The molecule has 0 spiro atoms. The Kier molecular flexibility index (Phi) is 6.53. The molecule has 0 unspecified atom stereocenters. The lowest BCUT2D eigenvalue weighted by Gasteiger charge is -2.15. The fraction of sp³-hybridized carbons (Fsp3) is 0.360. The van der Waals surface area contributed by atoms with E-state index in [1.807, 2.05) is 25.1 Å². The van der Waals surface area contributed by atoms with Gasteiger partial charge in [0.1, 0.15) is 5.01 Å². The zero-order valence-corrected chi connectivity index (χ0v) is 18.9. The maximum Gasteiger partial charge on any atom is 0.190 e. The third kappa shape index (κ3) is 4.27. The highest BCUT2D eigenvalue weighted by Crippen LogP contribution is 2.35. The first-order chi connectivity index (χ1) is 13.8. The normalized spacial score (nSPS) is 11.2. The molecule has 29 heavy (non-hydrogen) atoms. The van der Waals surface area contributed by atoms with E-state index in [4.69, 9.17) is 4.98 Å². The number of unbranched alkanes of at least 4 members (excludes halogenated alkanes) is 1. The number of rotatable bonds is 8. The van der Waals surface area contributed by atoms with Gasteiger partial charge < -0.3 is 4.57 Å². The molecule has 0 fully saturated rings. The average Bonchev–Trinajstić information content (AvgIpc) is 3.30. The molecule has 152 valence electrons.